The molecule has 0 spiro atoms. The summed E-state index contributed by atoms with van der Waals surface area (Å²) in [5.74, 6) is 0.359. The largest absolute Gasteiger partial charge is 0.481 e. The van der Waals surface area contributed by atoms with E-state index in [1.807, 2.05) is 0 Å². The molecule has 0 fully saturated rings. The van der Waals surface area contributed by atoms with E-state index in [-0.39, 0.29) is 35.6 Å². The number of hydrogen-bond donors (Lipinski definition) is 1. The summed E-state index contributed by atoms with van der Waals surface area (Å²) in [6, 6.07) is 5.90. The summed E-state index contributed by atoms with van der Waals surface area (Å²) in [5, 5.41) is 0. The second kappa shape index (κ2) is 6.16. The summed E-state index contributed by atoms with van der Waals surface area (Å²) in [7, 11) is 2.91. The highest BCUT2D eigenvalue weighted by molar-refractivity contribution is 5.37. The first-order valence-electron chi connectivity index (χ1n) is 5.80. The average molecular weight is 279 g/mol. The predicted octanol–water partition coefficient (Wildman–Crippen LogP) is 1.88. The molecule has 0 unspecified atom stereocenters. The van der Waals surface area contributed by atoms with E-state index in [9.17, 15) is 4.39 Å². The Labute approximate surface area is 115 Å². The first-order chi connectivity index (χ1) is 9.67. The maximum Gasteiger partial charge on any atom is 0.328 e. The van der Waals surface area contributed by atoms with E-state index in [0.717, 1.165) is 0 Å². The molecule has 0 saturated heterocycles. The zero-order chi connectivity index (χ0) is 14.5. The Bertz CT molecular complexity index is 585. The maximum absolute atomic E-state index is 13.6. The Balaban J connectivity index is 2.37. The van der Waals surface area contributed by atoms with Crippen LogP contribution < -0.4 is 19.9 Å². The van der Waals surface area contributed by atoms with Crippen LogP contribution in [0.25, 0.3) is 0 Å². The van der Waals surface area contributed by atoms with Gasteiger partial charge in [0.2, 0.25) is 11.8 Å². The summed E-state index contributed by atoms with van der Waals surface area (Å²) in [4.78, 5) is 8.00. The number of nitrogens with two attached hydrogens (primary N) is 1. The number of benzene rings is 1. The fourth-order valence-corrected chi connectivity index (χ4v) is 1.57. The fraction of sp³-hybridized carbons (Fsp3) is 0.231. The second-order valence-electron chi connectivity index (χ2n) is 3.76. The van der Waals surface area contributed by atoms with E-state index in [2.05, 4.69) is 9.97 Å². The molecule has 2 aromatic rings. The van der Waals surface area contributed by atoms with Crippen LogP contribution in [0.4, 0.5) is 4.39 Å². The van der Waals surface area contributed by atoms with Gasteiger partial charge in [-0.1, -0.05) is 6.07 Å². The SMILES string of the molecule is COc1cc(OC)nc(Oc2cccc(F)c2CN)n1. The van der Waals surface area contributed by atoms with Gasteiger partial charge in [0.15, 0.2) is 0 Å². The molecule has 0 radical (unpaired) electrons. The second-order valence-corrected chi connectivity index (χ2v) is 3.76. The van der Waals surface area contributed by atoms with Crippen LogP contribution in [-0.4, -0.2) is 24.2 Å². The van der Waals surface area contributed by atoms with Gasteiger partial charge in [0.05, 0.1) is 20.3 Å². The summed E-state index contributed by atoms with van der Waals surface area (Å²) in [5.41, 5.74) is 5.76. The van der Waals surface area contributed by atoms with Crippen LogP contribution in [0, 0.1) is 5.82 Å². The van der Waals surface area contributed by atoms with Crippen LogP contribution in [-0.2, 0) is 6.54 Å². The van der Waals surface area contributed by atoms with Gasteiger partial charge in [-0.15, -0.1) is 0 Å². The van der Waals surface area contributed by atoms with Gasteiger partial charge in [-0.25, -0.2) is 4.39 Å². The third-order valence-corrected chi connectivity index (χ3v) is 2.56. The van der Waals surface area contributed by atoms with Crippen molar-refractivity contribution in [2.75, 3.05) is 14.2 Å². The summed E-state index contributed by atoms with van der Waals surface area (Å²) < 4.78 is 29.1. The zero-order valence-corrected chi connectivity index (χ0v) is 11.1. The van der Waals surface area contributed by atoms with Crippen molar-refractivity contribution in [1.29, 1.82) is 0 Å². The molecule has 2 rings (SSSR count). The quantitative estimate of drug-likeness (QED) is 0.900. The number of aromatic nitrogens is 2. The van der Waals surface area contributed by atoms with Gasteiger partial charge in [0.25, 0.3) is 0 Å². The Morgan fingerprint density at radius 1 is 1.15 bits per heavy atom. The highest BCUT2D eigenvalue weighted by Gasteiger charge is 2.12. The Kier molecular flexibility index (Phi) is 4.31. The van der Waals surface area contributed by atoms with Crippen LogP contribution in [0.5, 0.6) is 23.5 Å². The molecule has 0 saturated carbocycles. The van der Waals surface area contributed by atoms with Crippen molar-refractivity contribution < 1.29 is 18.6 Å². The molecule has 1 aromatic heterocycles. The minimum atomic E-state index is -0.445. The number of halogens is 1. The van der Waals surface area contributed by atoms with Crippen molar-refractivity contribution in [3.8, 4) is 23.5 Å². The maximum atomic E-state index is 13.6. The molecule has 0 aliphatic carbocycles. The normalized spacial score (nSPS) is 10.2. The zero-order valence-electron chi connectivity index (χ0n) is 11.1. The van der Waals surface area contributed by atoms with Gasteiger partial charge in [0.1, 0.15) is 11.6 Å². The molecule has 1 aromatic carbocycles. The van der Waals surface area contributed by atoms with Crippen molar-refractivity contribution >= 4 is 0 Å². The molecule has 0 amide bonds. The van der Waals surface area contributed by atoms with Gasteiger partial charge in [-0.05, 0) is 12.1 Å². The highest BCUT2D eigenvalue weighted by atomic mass is 19.1. The van der Waals surface area contributed by atoms with E-state index in [0.29, 0.717) is 0 Å². The van der Waals surface area contributed by atoms with Crippen molar-refractivity contribution in [3.05, 3.63) is 35.6 Å². The molecule has 6 nitrogen and oxygen atoms in total. The van der Waals surface area contributed by atoms with Crippen molar-refractivity contribution in [2.24, 2.45) is 5.73 Å². The van der Waals surface area contributed by atoms with Crippen LogP contribution in [0.3, 0.4) is 0 Å². The molecule has 0 bridgehead atoms. The standard InChI is InChI=1S/C13H14FN3O3/c1-18-11-6-12(19-2)17-13(16-11)20-10-5-3-4-9(14)8(10)7-15/h3-6H,7,15H2,1-2H3. The molecule has 1 heterocycles. The molecular formula is C13H14FN3O3. The van der Waals surface area contributed by atoms with Crippen molar-refractivity contribution in [3.63, 3.8) is 0 Å². The number of nitrogens with zero attached hydrogens (tertiary/aromatic N) is 2. The van der Waals surface area contributed by atoms with Gasteiger partial charge < -0.3 is 19.9 Å². The lowest BCUT2D eigenvalue weighted by atomic mass is 10.2. The van der Waals surface area contributed by atoms with E-state index < -0.39 is 5.82 Å². The molecule has 20 heavy (non-hydrogen) atoms. The predicted molar refractivity (Wildman–Crippen MR) is 69.5 cm³/mol. The van der Waals surface area contributed by atoms with Crippen molar-refractivity contribution in [2.45, 2.75) is 6.54 Å². The third-order valence-electron chi connectivity index (χ3n) is 2.56. The Morgan fingerprint density at radius 2 is 1.80 bits per heavy atom. The molecule has 0 aliphatic rings. The Morgan fingerprint density at radius 3 is 2.35 bits per heavy atom. The minimum absolute atomic E-state index is 0.00309. The van der Waals surface area contributed by atoms with E-state index in [1.165, 1.54) is 32.4 Å². The topological polar surface area (TPSA) is 79.5 Å². The van der Waals surface area contributed by atoms with Gasteiger partial charge in [0, 0.05) is 12.1 Å². The van der Waals surface area contributed by atoms with Gasteiger partial charge >= 0.3 is 6.01 Å². The number of ether oxygens (including phenoxy) is 3. The third kappa shape index (κ3) is 2.94. The molecule has 2 N–H and O–H groups in total. The van der Waals surface area contributed by atoms with Crippen LogP contribution >= 0.6 is 0 Å². The lowest BCUT2D eigenvalue weighted by Gasteiger charge is -2.10. The molecule has 7 heteroatoms. The Hall–Kier alpha value is -2.41. The average Bonchev–Trinajstić information content (AvgIpc) is 2.47. The molecule has 0 atom stereocenters. The smallest absolute Gasteiger partial charge is 0.328 e. The fourth-order valence-electron chi connectivity index (χ4n) is 1.57. The summed E-state index contributed by atoms with van der Waals surface area (Å²) in [6.45, 7) is 0.00309. The first kappa shape index (κ1) is 14.0. The monoisotopic (exact) mass is 279 g/mol. The number of methoxy groups -OCH3 is 2. The summed E-state index contributed by atoms with van der Waals surface area (Å²) in [6.07, 6.45) is 0. The number of hydrogen-bond acceptors (Lipinski definition) is 6. The van der Waals surface area contributed by atoms with Crippen molar-refractivity contribution in [1.82, 2.24) is 9.97 Å². The summed E-state index contributed by atoms with van der Waals surface area (Å²) >= 11 is 0. The molecule has 0 aliphatic heterocycles. The minimum Gasteiger partial charge on any atom is -0.481 e. The van der Waals surface area contributed by atoms with Crippen LogP contribution in [0.15, 0.2) is 24.3 Å². The highest BCUT2D eigenvalue weighted by Crippen LogP contribution is 2.27. The molecular weight excluding hydrogens is 265 g/mol. The molecule has 106 valence electrons. The first-order valence-corrected chi connectivity index (χ1v) is 5.80. The van der Waals surface area contributed by atoms with Crippen LogP contribution in [0.1, 0.15) is 5.56 Å². The lowest BCUT2D eigenvalue weighted by molar-refractivity contribution is 0.346. The van der Waals surface area contributed by atoms with Crippen LogP contribution in [0.2, 0.25) is 0 Å². The van der Waals surface area contributed by atoms with E-state index in [4.69, 9.17) is 19.9 Å². The lowest BCUT2D eigenvalue weighted by Crippen LogP contribution is -2.04. The van der Waals surface area contributed by atoms with E-state index in [1.54, 1.807) is 6.07 Å². The van der Waals surface area contributed by atoms with E-state index >= 15 is 0 Å². The van der Waals surface area contributed by atoms with Gasteiger partial charge in [-0.2, -0.15) is 9.97 Å². The number of rotatable bonds is 5. The van der Waals surface area contributed by atoms with Gasteiger partial charge in [-0.3, -0.25) is 0 Å².